The third kappa shape index (κ3) is 6.92. The maximum absolute atomic E-state index is 13.5. The highest BCUT2D eigenvalue weighted by Gasteiger charge is 2.25. The van der Waals surface area contributed by atoms with Gasteiger partial charge in [0.2, 0.25) is 5.82 Å². The van der Waals surface area contributed by atoms with E-state index in [2.05, 4.69) is 37.1 Å². The number of aromatic hydroxyl groups is 2. The molecule has 0 saturated carbocycles. The van der Waals surface area contributed by atoms with Gasteiger partial charge in [-0.15, -0.1) is 10.2 Å². The Balaban J connectivity index is 1.41. The number of likely N-dealkylation sites (N-methyl/N-ethyl adjacent to an activating group) is 1. The van der Waals surface area contributed by atoms with E-state index in [1.807, 2.05) is 38.1 Å². The van der Waals surface area contributed by atoms with Crippen molar-refractivity contribution in [2.24, 2.45) is 0 Å². The summed E-state index contributed by atoms with van der Waals surface area (Å²) in [6, 6.07) is 11.0. The predicted octanol–water partition coefficient (Wildman–Crippen LogP) is 2.67. The van der Waals surface area contributed by atoms with Gasteiger partial charge in [0.05, 0.1) is 18.8 Å². The van der Waals surface area contributed by atoms with Crippen LogP contribution in [0.4, 0.5) is 0 Å². The van der Waals surface area contributed by atoms with E-state index in [0.717, 1.165) is 77.7 Å². The first kappa shape index (κ1) is 30.0. The first-order valence-electron chi connectivity index (χ1n) is 15.0. The summed E-state index contributed by atoms with van der Waals surface area (Å²) in [5.74, 6) is 0.0366. The van der Waals surface area contributed by atoms with Crippen molar-refractivity contribution in [2.75, 3.05) is 72.1 Å². The number of hydrogen-bond acceptors (Lipinski definition) is 9. The molecule has 0 radical (unpaired) electrons. The summed E-state index contributed by atoms with van der Waals surface area (Å²) in [5.41, 5.74) is 2.93. The van der Waals surface area contributed by atoms with E-state index in [1.165, 1.54) is 6.07 Å². The van der Waals surface area contributed by atoms with Gasteiger partial charge in [0, 0.05) is 70.7 Å². The van der Waals surface area contributed by atoms with Gasteiger partial charge in [0.25, 0.3) is 5.91 Å². The molecule has 3 aromatic rings. The van der Waals surface area contributed by atoms with Gasteiger partial charge in [0.1, 0.15) is 11.5 Å². The molecule has 11 nitrogen and oxygen atoms in total. The molecular formula is C31H43N7O4. The van der Waals surface area contributed by atoms with Crippen LogP contribution in [0.3, 0.4) is 0 Å². The van der Waals surface area contributed by atoms with Crippen molar-refractivity contribution < 1.29 is 19.7 Å². The van der Waals surface area contributed by atoms with E-state index in [-0.39, 0.29) is 29.1 Å². The molecule has 11 heteroatoms. The number of nitrogens with one attached hydrogen (secondary N) is 1. The molecule has 1 amide bonds. The largest absolute Gasteiger partial charge is 0.508 e. The Morgan fingerprint density at radius 1 is 0.929 bits per heavy atom. The van der Waals surface area contributed by atoms with Crippen LogP contribution >= 0.6 is 0 Å². The number of hydrogen-bond donors (Lipinski definition) is 3. The van der Waals surface area contributed by atoms with E-state index in [1.54, 1.807) is 10.6 Å². The van der Waals surface area contributed by atoms with Crippen LogP contribution < -0.4 is 5.32 Å². The van der Waals surface area contributed by atoms with Crippen LogP contribution in [-0.2, 0) is 11.3 Å². The van der Waals surface area contributed by atoms with Gasteiger partial charge < -0.3 is 25.2 Å². The molecule has 0 atom stereocenters. The van der Waals surface area contributed by atoms with Gasteiger partial charge in [0.15, 0.2) is 5.82 Å². The number of aromatic nitrogens is 3. The molecule has 0 unspecified atom stereocenters. The number of rotatable bonds is 10. The number of benzene rings is 2. The number of piperazine rings is 1. The molecule has 0 bridgehead atoms. The van der Waals surface area contributed by atoms with E-state index in [0.29, 0.717) is 29.2 Å². The van der Waals surface area contributed by atoms with Crippen molar-refractivity contribution in [3.8, 4) is 28.6 Å². The van der Waals surface area contributed by atoms with Gasteiger partial charge in [-0.1, -0.05) is 32.9 Å². The molecule has 3 heterocycles. The minimum Gasteiger partial charge on any atom is -0.508 e. The topological polar surface area (TPSA) is 119 Å². The zero-order chi connectivity index (χ0) is 29.6. The normalized spacial score (nSPS) is 17.1. The lowest BCUT2D eigenvalue weighted by molar-refractivity contribution is 0.0342. The summed E-state index contributed by atoms with van der Waals surface area (Å²) < 4.78 is 7.15. The highest BCUT2D eigenvalue weighted by Crippen LogP contribution is 2.38. The molecule has 2 aliphatic heterocycles. The molecule has 1 aromatic heterocycles. The Kier molecular flexibility index (Phi) is 9.73. The molecule has 226 valence electrons. The minimum atomic E-state index is -0.333. The first-order valence-corrected chi connectivity index (χ1v) is 15.0. The Morgan fingerprint density at radius 2 is 1.62 bits per heavy atom. The summed E-state index contributed by atoms with van der Waals surface area (Å²) in [4.78, 5) is 20.6. The molecule has 2 saturated heterocycles. The zero-order valence-electron chi connectivity index (χ0n) is 24.9. The maximum atomic E-state index is 13.5. The monoisotopic (exact) mass is 577 g/mol. The average molecular weight is 578 g/mol. The van der Waals surface area contributed by atoms with Gasteiger partial charge >= 0.3 is 0 Å². The van der Waals surface area contributed by atoms with Crippen LogP contribution in [-0.4, -0.2) is 118 Å². The van der Waals surface area contributed by atoms with E-state index < -0.39 is 0 Å². The van der Waals surface area contributed by atoms with Crippen molar-refractivity contribution in [2.45, 2.75) is 33.2 Å². The molecule has 0 aliphatic carbocycles. The first-order chi connectivity index (χ1) is 20.3. The number of nitrogens with zero attached hydrogens (tertiary/aromatic N) is 6. The predicted molar refractivity (Wildman–Crippen MR) is 161 cm³/mol. The average Bonchev–Trinajstić information content (AvgIpc) is 3.43. The van der Waals surface area contributed by atoms with Crippen molar-refractivity contribution in [1.29, 1.82) is 0 Å². The van der Waals surface area contributed by atoms with Crippen molar-refractivity contribution >= 4 is 5.91 Å². The minimum absolute atomic E-state index is 0.0159. The SMILES string of the molecule is CCN1CCN(CCNC(=O)c2nnc(-c3cc(C(C)C)c(O)cc3O)n2-c2ccc(CN3CCOCC3)cc2)CC1. The number of carbonyl (C=O) groups excluding carboxylic acids is 1. The molecular weight excluding hydrogens is 534 g/mol. The molecule has 2 aliphatic rings. The van der Waals surface area contributed by atoms with Crippen molar-refractivity contribution in [3.63, 3.8) is 0 Å². The number of amides is 1. The summed E-state index contributed by atoms with van der Waals surface area (Å²) in [7, 11) is 0. The fraction of sp³-hybridized carbons (Fsp3) is 0.516. The molecule has 0 spiro atoms. The second kappa shape index (κ2) is 13.6. The van der Waals surface area contributed by atoms with Crippen LogP contribution in [0.15, 0.2) is 36.4 Å². The summed E-state index contributed by atoms with van der Waals surface area (Å²) in [6.45, 7) is 16.6. The molecule has 3 N–H and O–H groups in total. The van der Waals surface area contributed by atoms with Crippen LogP contribution in [0, 0.1) is 0 Å². The second-order valence-corrected chi connectivity index (χ2v) is 11.4. The van der Waals surface area contributed by atoms with Gasteiger partial charge in [-0.2, -0.15) is 0 Å². The lowest BCUT2D eigenvalue weighted by atomic mass is 9.98. The number of morpholine rings is 1. The molecule has 2 fully saturated rings. The molecule has 5 rings (SSSR count). The van der Waals surface area contributed by atoms with E-state index in [9.17, 15) is 15.0 Å². The number of ether oxygens (including phenoxy) is 1. The van der Waals surface area contributed by atoms with Gasteiger partial charge in [-0.3, -0.25) is 19.2 Å². The third-order valence-corrected chi connectivity index (χ3v) is 8.20. The van der Waals surface area contributed by atoms with E-state index in [4.69, 9.17) is 4.74 Å². The fourth-order valence-corrected chi connectivity index (χ4v) is 5.59. The number of carbonyl (C=O) groups is 1. The van der Waals surface area contributed by atoms with Crippen LogP contribution in [0.2, 0.25) is 0 Å². The smallest absolute Gasteiger partial charge is 0.289 e. The quantitative estimate of drug-likeness (QED) is 0.334. The van der Waals surface area contributed by atoms with Crippen molar-refractivity contribution in [1.82, 2.24) is 34.8 Å². The highest BCUT2D eigenvalue weighted by atomic mass is 16.5. The van der Waals surface area contributed by atoms with Gasteiger partial charge in [-0.05, 0) is 41.8 Å². The van der Waals surface area contributed by atoms with E-state index >= 15 is 0 Å². The highest BCUT2D eigenvalue weighted by molar-refractivity contribution is 5.92. The second-order valence-electron chi connectivity index (χ2n) is 11.4. The fourth-order valence-electron chi connectivity index (χ4n) is 5.59. The lowest BCUT2D eigenvalue weighted by Crippen LogP contribution is -2.48. The number of phenolic OH excluding ortho intramolecular Hbond substituents is 2. The Labute approximate surface area is 247 Å². The third-order valence-electron chi connectivity index (χ3n) is 8.20. The molecule has 42 heavy (non-hydrogen) atoms. The standard InChI is InChI=1S/C31H43N7O4/c1-4-35-11-13-36(14-12-35)10-9-32-31(41)30-34-33-29(26-19-25(22(2)3)27(39)20-28(26)40)38(30)24-7-5-23(6-8-24)21-37-15-17-42-18-16-37/h5-8,19-20,22,39-40H,4,9-18,21H2,1-3H3,(H,32,41). The van der Waals surface area contributed by atoms with Crippen LogP contribution in [0.1, 0.15) is 48.4 Å². The Morgan fingerprint density at radius 3 is 2.29 bits per heavy atom. The van der Waals surface area contributed by atoms with Crippen LogP contribution in [0.5, 0.6) is 11.5 Å². The van der Waals surface area contributed by atoms with Crippen molar-refractivity contribution in [3.05, 3.63) is 53.3 Å². The number of phenols is 2. The lowest BCUT2D eigenvalue weighted by Gasteiger charge is -2.33. The van der Waals surface area contributed by atoms with Gasteiger partial charge in [-0.25, -0.2) is 0 Å². The summed E-state index contributed by atoms with van der Waals surface area (Å²) in [5, 5.41) is 33.0. The Bertz CT molecular complexity index is 1340. The maximum Gasteiger partial charge on any atom is 0.289 e. The van der Waals surface area contributed by atoms with Crippen LogP contribution in [0.25, 0.3) is 17.1 Å². The Hall–Kier alpha value is -3.51. The zero-order valence-corrected chi connectivity index (χ0v) is 24.9. The summed E-state index contributed by atoms with van der Waals surface area (Å²) >= 11 is 0. The summed E-state index contributed by atoms with van der Waals surface area (Å²) in [6.07, 6.45) is 0. The molecule has 2 aromatic carbocycles.